The highest BCUT2D eigenvalue weighted by Gasteiger charge is 2.14. The predicted octanol–water partition coefficient (Wildman–Crippen LogP) is 1.43. The molecule has 64 valence electrons. The lowest BCUT2D eigenvalue weighted by atomic mass is 10.1. The number of H-pyrrole nitrogens is 1. The molecule has 1 aliphatic rings. The van der Waals surface area contributed by atoms with E-state index in [-0.39, 0.29) is 5.56 Å². The molecule has 0 fully saturated rings. The maximum atomic E-state index is 11.2. The van der Waals surface area contributed by atoms with Crippen molar-refractivity contribution in [2.75, 3.05) is 0 Å². The van der Waals surface area contributed by atoms with Gasteiger partial charge in [0.15, 0.2) is 0 Å². The molecule has 0 atom stereocenters. The summed E-state index contributed by atoms with van der Waals surface area (Å²) in [5.41, 5.74) is 3.88. The first-order valence-corrected chi connectivity index (χ1v) is 4.55. The molecule has 1 aromatic heterocycles. The number of hydrogen-bond donors (Lipinski definition) is 1. The number of aryl methyl sites for hydroxylation is 2. The molecule has 0 aliphatic heterocycles. The Hall–Kier alpha value is -1.05. The third-order valence-corrected chi connectivity index (χ3v) is 2.57. The van der Waals surface area contributed by atoms with E-state index in [4.69, 9.17) is 0 Å². The van der Waals surface area contributed by atoms with Crippen molar-refractivity contribution in [2.24, 2.45) is 0 Å². The minimum atomic E-state index is 0.0625. The highest BCUT2D eigenvalue weighted by Crippen LogP contribution is 2.21. The summed E-state index contributed by atoms with van der Waals surface area (Å²) in [6.07, 6.45) is 4.38. The number of nitrogens with one attached hydrogen (secondary N) is 1. The summed E-state index contributed by atoms with van der Waals surface area (Å²) in [6, 6.07) is 1.74. The molecule has 0 bridgehead atoms. The minimum absolute atomic E-state index is 0.0625. The van der Waals surface area contributed by atoms with Gasteiger partial charge in [-0.15, -0.1) is 0 Å². The van der Waals surface area contributed by atoms with Gasteiger partial charge < -0.3 is 4.98 Å². The second-order valence-corrected chi connectivity index (χ2v) is 3.32. The summed E-state index contributed by atoms with van der Waals surface area (Å²) in [5, 5.41) is 0. The van der Waals surface area contributed by atoms with Crippen LogP contribution in [0.15, 0.2) is 10.9 Å². The van der Waals surface area contributed by atoms with Crippen molar-refractivity contribution in [3.63, 3.8) is 0 Å². The molecule has 2 heteroatoms. The van der Waals surface area contributed by atoms with Crippen molar-refractivity contribution >= 4 is 0 Å². The van der Waals surface area contributed by atoms with Crippen LogP contribution in [-0.4, -0.2) is 4.98 Å². The lowest BCUT2D eigenvalue weighted by Crippen LogP contribution is -2.10. The van der Waals surface area contributed by atoms with Crippen molar-refractivity contribution < 1.29 is 0 Å². The molecule has 1 aliphatic carbocycles. The van der Waals surface area contributed by atoms with Crippen LogP contribution in [0.2, 0.25) is 0 Å². The van der Waals surface area contributed by atoms with E-state index in [9.17, 15) is 4.79 Å². The molecule has 12 heavy (non-hydrogen) atoms. The van der Waals surface area contributed by atoms with E-state index in [2.05, 4.69) is 11.9 Å². The van der Waals surface area contributed by atoms with E-state index in [0.717, 1.165) is 19.3 Å². The van der Waals surface area contributed by atoms with Crippen molar-refractivity contribution in [2.45, 2.75) is 32.6 Å². The zero-order valence-electron chi connectivity index (χ0n) is 7.31. The molecule has 2 rings (SSSR count). The molecule has 0 unspecified atom stereocenters. The second kappa shape index (κ2) is 2.77. The van der Waals surface area contributed by atoms with Crippen LogP contribution in [0.3, 0.4) is 0 Å². The molecule has 0 saturated carbocycles. The smallest absolute Gasteiger partial charge is 0.248 e. The Kier molecular flexibility index (Phi) is 1.75. The van der Waals surface area contributed by atoms with Gasteiger partial charge in [0, 0.05) is 11.8 Å². The highest BCUT2D eigenvalue weighted by molar-refractivity contribution is 5.33. The second-order valence-electron chi connectivity index (χ2n) is 3.32. The number of pyridine rings is 1. The Labute approximate surface area is 71.6 Å². The van der Waals surface area contributed by atoms with Crippen LogP contribution in [-0.2, 0) is 19.3 Å². The van der Waals surface area contributed by atoms with Gasteiger partial charge in [0.25, 0.3) is 0 Å². The van der Waals surface area contributed by atoms with Crippen LogP contribution < -0.4 is 5.56 Å². The van der Waals surface area contributed by atoms with Gasteiger partial charge in [-0.1, -0.05) is 6.92 Å². The summed E-state index contributed by atoms with van der Waals surface area (Å²) in [4.78, 5) is 14.1. The van der Waals surface area contributed by atoms with Crippen molar-refractivity contribution in [3.05, 3.63) is 33.2 Å². The van der Waals surface area contributed by atoms with E-state index < -0.39 is 0 Å². The molecule has 1 heterocycles. The molecule has 1 N–H and O–H groups in total. The van der Waals surface area contributed by atoms with Gasteiger partial charge in [-0.25, -0.2) is 0 Å². The Balaban J connectivity index is 2.62. The zero-order chi connectivity index (χ0) is 8.55. The number of rotatable bonds is 1. The summed E-state index contributed by atoms with van der Waals surface area (Å²) >= 11 is 0. The third-order valence-electron chi connectivity index (χ3n) is 2.57. The standard InChI is InChI=1S/C10H13NO/c1-2-7-6-10(12)11-9-5-3-4-8(7)9/h6H,2-5H2,1H3,(H,11,12). The normalized spacial score (nSPS) is 14.8. The number of hydrogen-bond acceptors (Lipinski definition) is 1. The fraction of sp³-hybridized carbons (Fsp3) is 0.500. The largest absolute Gasteiger partial charge is 0.326 e. The van der Waals surface area contributed by atoms with Crippen LogP contribution in [0.5, 0.6) is 0 Å². The van der Waals surface area contributed by atoms with Crippen LogP contribution in [0.1, 0.15) is 30.2 Å². The summed E-state index contributed by atoms with van der Waals surface area (Å²) in [7, 11) is 0. The van der Waals surface area contributed by atoms with Crippen molar-refractivity contribution in [1.29, 1.82) is 0 Å². The minimum Gasteiger partial charge on any atom is -0.326 e. The van der Waals surface area contributed by atoms with E-state index in [1.807, 2.05) is 0 Å². The highest BCUT2D eigenvalue weighted by atomic mass is 16.1. The zero-order valence-corrected chi connectivity index (χ0v) is 7.31. The van der Waals surface area contributed by atoms with Gasteiger partial charge in [0.2, 0.25) is 5.56 Å². The van der Waals surface area contributed by atoms with Crippen molar-refractivity contribution in [3.8, 4) is 0 Å². The van der Waals surface area contributed by atoms with E-state index >= 15 is 0 Å². The SMILES string of the molecule is CCc1cc(=O)[nH]c2c1CCC2. The number of aromatic nitrogens is 1. The topological polar surface area (TPSA) is 32.9 Å². The Bertz CT molecular complexity index is 351. The Morgan fingerprint density at radius 2 is 2.33 bits per heavy atom. The molecule has 2 nitrogen and oxygen atoms in total. The molecular weight excluding hydrogens is 150 g/mol. The summed E-state index contributed by atoms with van der Waals surface area (Å²) in [6.45, 7) is 2.10. The Morgan fingerprint density at radius 1 is 1.50 bits per heavy atom. The molecule has 0 radical (unpaired) electrons. The van der Waals surface area contributed by atoms with Crippen LogP contribution in [0.25, 0.3) is 0 Å². The van der Waals surface area contributed by atoms with E-state index in [1.165, 1.54) is 23.2 Å². The first-order valence-electron chi connectivity index (χ1n) is 4.55. The van der Waals surface area contributed by atoms with Crippen molar-refractivity contribution in [1.82, 2.24) is 4.98 Å². The fourth-order valence-electron chi connectivity index (χ4n) is 1.98. The maximum absolute atomic E-state index is 11.2. The van der Waals surface area contributed by atoms with Gasteiger partial charge in [-0.3, -0.25) is 4.79 Å². The van der Waals surface area contributed by atoms with E-state index in [0.29, 0.717) is 0 Å². The summed E-state index contributed by atoms with van der Waals surface area (Å²) < 4.78 is 0. The Morgan fingerprint density at radius 3 is 3.08 bits per heavy atom. The van der Waals surface area contributed by atoms with Gasteiger partial charge in [0.05, 0.1) is 0 Å². The molecule has 1 aromatic rings. The molecule has 0 aromatic carbocycles. The number of aromatic amines is 1. The van der Waals surface area contributed by atoms with Crippen LogP contribution >= 0.6 is 0 Å². The molecule has 0 spiro atoms. The van der Waals surface area contributed by atoms with E-state index in [1.54, 1.807) is 6.07 Å². The third kappa shape index (κ3) is 1.07. The summed E-state index contributed by atoms with van der Waals surface area (Å²) in [5.74, 6) is 0. The van der Waals surface area contributed by atoms with Gasteiger partial charge >= 0.3 is 0 Å². The maximum Gasteiger partial charge on any atom is 0.248 e. The van der Waals surface area contributed by atoms with Crippen LogP contribution in [0.4, 0.5) is 0 Å². The fourth-order valence-corrected chi connectivity index (χ4v) is 1.98. The van der Waals surface area contributed by atoms with Gasteiger partial charge in [-0.05, 0) is 36.8 Å². The lowest BCUT2D eigenvalue weighted by Gasteiger charge is -2.03. The quantitative estimate of drug-likeness (QED) is 0.667. The van der Waals surface area contributed by atoms with Gasteiger partial charge in [0.1, 0.15) is 0 Å². The number of fused-ring (bicyclic) bond motifs is 1. The lowest BCUT2D eigenvalue weighted by molar-refractivity contribution is 0.895. The molecule has 0 saturated heterocycles. The average molecular weight is 163 g/mol. The molecule has 0 amide bonds. The van der Waals surface area contributed by atoms with Crippen LogP contribution in [0, 0.1) is 0 Å². The first kappa shape index (κ1) is 7.59. The molecular formula is C10H13NO. The monoisotopic (exact) mass is 163 g/mol. The van der Waals surface area contributed by atoms with Gasteiger partial charge in [-0.2, -0.15) is 0 Å². The predicted molar refractivity (Wildman–Crippen MR) is 48.5 cm³/mol. The average Bonchev–Trinajstić information content (AvgIpc) is 2.50. The first-order chi connectivity index (χ1) is 5.81.